The first kappa shape index (κ1) is 14.3. The molecule has 2 atom stereocenters. The largest absolute Gasteiger partial charge is 0.481 e. The van der Waals surface area contributed by atoms with E-state index < -0.39 is 11.4 Å². The summed E-state index contributed by atoms with van der Waals surface area (Å²) >= 11 is 0. The maximum atomic E-state index is 11.8. The Balaban J connectivity index is 1.68. The van der Waals surface area contributed by atoms with Gasteiger partial charge in [0.25, 0.3) is 0 Å². The van der Waals surface area contributed by atoms with E-state index in [1.54, 1.807) is 0 Å². The summed E-state index contributed by atoms with van der Waals surface area (Å²) in [5.41, 5.74) is -0.458. The smallest absolute Gasteiger partial charge is 0.310 e. The van der Waals surface area contributed by atoms with Gasteiger partial charge < -0.3 is 10.0 Å². The van der Waals surface area contributed by atoms with Crippen molar-refractivity contribution in [1.29, 1.82) is 0 Å². The molecule has 3 rings (SSSR count). The molecule has 2 aliphatic heterocycles. The maximum Gasteiger partial charge on any atom is 0.310 e. The number of hydrogen-bond donors (Lipinski definition) is 1. The van der Waals surface area contributed by atoms with Gasteiger partial charge >= 0.3 is 5.97 Å². The molecule has 0 spiro atoms. The molecule has 3 aliphatic rings. The van der Waals surface area contributed by atoms with E-state index in [0.717, 1.165) is 51.4 Å². The quantitative estimate of drug-likeness (QED) is 0.860. The molecular weight excluding hydrogens is 252 g/mol. The molecule has 2 bridgehead atoms. The van der Waals surface area contributed by atoms with E-state index in [-0.39, 0.29) is 0 Å². The van der Waals surface area contributed by atoms with Gasteiger partial charge in [0.15, 0.2) is 0 Å². The summed E-state index contributed by atoms with van der Waals surface area (Å²) in [5.74, 6) is -0.556. The third kappa shape index (κ3) is 2.60. The number of likely N-dealkylation sites (N-methyl/N-ethyl adjacent to an activating group) is 1. The Morgan fingerprint density at radius 2 is 1.85 bits per heavy atom. The molecule has 1 aliphatic carbocycles. The number of aliphatic carboxylic acids is 1. The second-order valence-electron chi connectivity index (χ2n) is 7.22. The van der Waals surface area contributed by atoms with Crippen LogP contribution in [-0.4, -0.2) is 59.6 Å². The first-order chi connectivity index (χ1) is 9.61. The number of hydrogen-bond acceptors (Lipinski definition) is 3. The van der Waals surface area contributed by atoms with Gasteiger partial charge in [-0.25, -0.2) is 0 Å². The fourth-order valence-electron chi connectivity index (χ4n) is 4.62. The predicted molar refractivity (Wildman–Crippen MR) is 78.8 cm³/mol. The third-order valence-electron chi connectivity index (χ3n) is 6.02. The standard InChI is InChI=1S/C16H28N2O2/c1-17-13-5-6-14(17)11-18(10-7-13)12-16(15(19)20)8-3-2-4-9-16/h13-14H,2-12H2,1H3,(H,19,20). The molecule has 0 aromatic carbocycles. The molecule has 20 heavy (non-hydrogen) atoms. The zero-order valence-corrected chi connectivity index (χ0v) is 12.7. The maximum absolute atomic E-state index is 11.8. The molecule has 2 heterocycles. The van der Waals surface area contributed by atoms with Gasteiger partial charge in [0.1, 0.15) is 0 Å². The summed E-state index contributed by atoms with van der Waals surface area (Å²) in [6, 6.07) is 1.38. The van der Waals surface area contributed by atoms with Gasteiger partial charge in [-0.3, -0.25) is 9.69 Å². The number of carbonyl (C=O) groups is 1. The second-order valence-corrected chi connectivity index (χ2v) is 7.22. The molecular formula is C16H28N2O2. The Morgan fingerprint density at radius 3 is 2.55 bits per heavy atom. The van der Waals surface area contributed by atoms with Crippen LogP contribution in [0.5, 0.6) is 0 Å². The zero-order valence-electron chi connectivity index (χ0n) is 12.7. The number of fused-ring (bicyclic) bond motifs is 2. The number of carboxylic acid groups (broad SMARTS) is 1. The topological polar surface area (TPSA) is 43.8 Å². The van der Waals surface area contributed by atoms with Crippen LogP contribution in [0.1, 0.15) is 51.4 Å². The third-order valence-corrected chi connectivity index (χ3v) is 6.02. The van der Waals surface area contributed by atoms with Gasteiger partial charge in [-0.1, -0.05) is 19.3 Å². The van der Waals surface area contributed by atoms with Crippen molar-refractivity contribution in [2.24, 2.45) is 5.41 Å². The van der Waals surface area contributed by atoms with Crippen molar-refractivity contribution in [3.63, 3.8) is 0 Å². The minimum atomic E-state index is -0.556. The monoisotopic (exact) mass is 280 g/mol. The molecule has 3 fully saturated rings. The van der Waals surface area contributed by atoms with Crippen molar-refractivity contribution in [3.05, 3.63) is 0 Å². The van der Waals surface area contributed by atoms with E-state index in [1.807, 2.05) is 0 Å². The Hall–Kier alpha value is -0.610. The highest BCUT2D eigenvalue weighted by Gasteiger charge is 2.43. The number of nitrogens with zero attached hydrogens (tertiary/aromatic N) is 2. The van der Waals surface area contributed by atoms with Crippen molar-refractivity contribution in [1.82, 2.24) is 9.80 Å². The van der Waals surface area contributed by atoms with Crippen LogP contribution in [0, 0.1) is 5.41 Å². The van der Waals surface area contributed by atoms with E-state index >= 15 is 0 Å². The van der Waals surface area contributed by atoms with Gasteiger partial charge in [-0.05, 0) is 45.7 Å². The van der Waals surface area contributed by atoms with Gasteiger partial charge in [0, 0.05) is 25.2 Å². The van der Waals surface area contributed by atoms with Crippen molar-refractivity contribution in [3.8, 4) is 0 Å². The molecule has 1 N–H and O–H groups in total. The van der Waals surface area contributed by atoms with E-state index in [1.165, 1.54) is 25.7 Å². The first-order valence-electron chi connectivity index (χ1n) is 8.28. The van der Waals surface area contributed by atoms with Crippen LogP contribution < -0.4 is 0 Å². The average molecular weight is 280 g/mol. The fourth-order valence-corrected chi connectivity index (χ4v) is 4.62. The van der Waals surface area contributed by atoms with Crippen molar-refractivity contribution >= 4 is 5.97 Å². The SMILES string of the molecule is CN1C2CCC1CN(CC1(C(=O)O)CCCCC1)CC2. The van der Waals surface area contributed by atoms with Crippen LogP contribution in [-0.2, 0) is 4.79 Å². The Labute approximate surface area is 122 Å². The lowest BCUT2D eigenvalue weighted by atomic mass is 9.73. The molecule has 114 valence electrons. The summed E-state index contributed by atoms with van der Waals surface area (Å²) in [4.78, 5) is 16.8. The molecule has 2 unspecified atom stereocenters. The zero-order chi connectivity index (χ0) is 14.2. The van der Waals surface area contributed by atoms with Gasteiger partial charge in [-0.15, -0.1) is 0 Å². The summed E-state index contributed by atoms with van der Waals surface area (Å²) in [5, 5.41) is 9.74. The molecule has 0 aromatic heterocycles. The van der Waals surface area contributed by atoms with Crippen LogP contribution in [0.3, 0.4) is 0 Å². The molecule has 0 aromatic rings. The molecule has 4 heteroatoms. The highest BCUT2D eigenvalue weighted by atomic mass is 16.4. The molecule has 0 radical (unpaired) electrons. The van der Waals surface area contributed by atoms with Crippen molar-refractivity contribution < 1.29 is 9.90 Å². The van der Waals surface area contributed by atoms with Crippen LogP contribution in [0.4, 0.5) is 0 Å². The summed E-state index contributed by atoms with van der Waals surface area (Å²) in [6.45, 7) is 2.93. The number of carboxylic acids is 1. The lowest BCUT2D eigenvalue weighted by Gasteiger charge is -2.38. The van der Waals surface area contributed by atoms with Crippen molar-refractivity contribution in [2.75, 3.05) is 26.7 Å². The van der Waals surface area contributed by atoms with E-state index in [4.69, 9.17) is 0 Å². The van der Waals surface area contributed by atoms with Gasteiger partial charge in [0.05, 0.1) is 5.41 Å². The van der Waals surface area contributed by atoms with Crippen molar-refractivity contribution in [2.45, 2.75) is 63.5 Å². The second kappa shape index (κ2) is 5.64. The highest BCUT2D eigenvalue weighted by Crippen LogP contribution is 2.38. The number of rotatable bonds is 3. The highest BCUT2D eigenvalue weighted by molar-refractivity contribution is 5.75. The van der Waals surface area contributed by atoms with Crippen LogP contribution >= 0.6 is 0 Å². The van der Waals surface area contributed by atoms with Crippen LogP contribution in [0.25, 0.3) is 0 Å². The molecule has 0 amide bonds. The number of likely N-dealkylation sites (tertiary alicyclic amines) is 1. The minimum Gasteiger partial charge on any atom is -0.481 e. The normalized spacial score (nSPS) is 34.9. The van der Waals surface area contributed by atoms with Gasteiger partial charge in [-0.2, -0.15) is 0 Å². The minimum absolute atomic E-state index is 0.458. The lowest BCUT2D eigenvalue weighted by Crippen LogP contribution is -2.47. The Bertz CT molecular complexity index is 365. The Kier molecular flexibility index (Phi) is 4.04. The summed E-state index contributed by atoms with van der Waals surface area (Å²) in [6.07, 6.45) is 8.98. The van der Waals surface area contributed by atoms with E-state index in [2.05, 4.69) is 16.8 Å². The summed E-state index contributed by atoms with van der Waals surface area (Å²) in [7, 11) is 2.25. The molecule has 1 saturated carbocycles. The molecule has 4 nitrogen and oxygen atoms in total. The fraction of sp³-hybridized carbons (Fsp3) is 0.938. The first-order valence-corrected chi connectivity index (χ1v) is 8.28. The van der Waals surface area contributed by atoms with E-state index in [0.29, 0.717) is 6.04 Å². The summed E-state index contributed by atoms with van der Waals surface area (Å²) < 4.78 is 0. The average Bonchev–Trinajstić information content (AvgIpc) is 2.68. The van der Waals surface area contributed by atoms with Crippen LogP contribution in [0.2, 0.25) is 0 Å². The lowest BCUT2D eigenvalue weighted by molar-refractivity contribution is -0.152. The van der Waals surface area contributed by atoms with Crippen LogP contribution in [0.15, 0.2) is 0 Å². The predicted octanol–water partition coefficient (Wildman–Crippen LogP) is 2.19. The Morgan fingerprint density at radius 1 is 1.15 bits per heavy atom. The van der Waals surface area contributed by atoms with Gasteiger partial charge in [0.2, 0.25) is 0 Å². The van der Waals surface area contributed by atoms with E-state index in [9.17, 15) is 9.90 Å². The molecule has 2 saturated heterocycles.